The second kappa shape index (κ2) is 5.88. The van der Waals surface area contributed by atoms with Crippen molar-refractivity contribution in [3.05, 3.63) is 42.5 Å². The largest absolute Gasteiger partial charge is 0.480 e. The Balaban J connectivity index is 1.44. The van der Waals surface area contributed by atoms with E-state index in [1.807, 2.05) is 37.3 Å². The third kappa shape index (κ3) is 2.80. The van der Waals surface area contributed by atoms with E-state index in [2.05, 4.69) is 17.4 Å². The summed E-state index contributed by atoms with van der Waals surface area (Å²) >= 11 is 0. The minimum absolute atomic E-state index is 0.00971. The molecule has 0 unspecified atom stereocenters. The lowest BCUT2D eigenvalue weighted by Crippen LogP contribution is -2.44. The van der Waals surface area contributed by atoms with Crippen LogP contribution in [0.2, 0.25) is 0 Å². The van der Waals surface area contributed by atoms with Crippen LogP contribution in [0.15, 0.2) is 42.5 Å². The number of carbonyl (C=O) groups excluding carboxylic acids is 1. The zero-order valence-electron chi connectivity index (χ0n) is 13.5. The smallest absolute Gasteiger partial charge is 0.261 e. The van der Waals surface area contributed by atoms with Crippen LogP contribution in [0.3, 0.4) is 0 Å². The third-order valence-electron chi connectivity index (χ3n) is 5.49. The van der Waals surface area contributed by atoms with Crippen molar-refractivity contribution in [3.8, 4) is 5.75 Å². The minimum atomic E-state index is -0.472. The number of rotatable bonds is 4. The summed E-state index contributed by atoms with van der Waals surface area (Å²) in [6, 6.07) is 14.4. The van der Waals surface area contributed by atoms with E-state index in [1.54, 1.807) is 0 Å². The van der Waals surface area contributed by atoms with Gasteiger partial charge in [0, 0.05) is 11.4 Å². The SMILES string of the molecule is C[C@@H](Oc1cccc2ccccc12)C(=O)N[C@H]1C[C@@H]2CC[C@@H]1C2. The van der Waals surface area contributed by atoms with Gasteiger partial charge in [0.1, 0.15) is 5.75 Å². The van der Waals surface area contributed by atoms with Gasteiger partial charge >= 0.3 is 0 Å². The van der Waals surface area contributed by atoms with Gasteiger partial charge < -0.3 is 10.1 Å². The van der Waals surface area contributed by atoms with E-state index < -0.39 is 6.10 Å². The Morgan fingerprint density at radius 2 is 1.96 bits per heavy atom. The normalized spacial score (nSPS) is 27.1. The van der Waals surface area contributed by atoms with E-state index in [-0.39, 0.29) is 5.91 Å². The molecule has 0 saturated heterocycles. The maximum atomic E-state index is 12.5. The van der Waals surface area contributed by atoms with Crippen LogP contribution in [0.5, 0.6) is 5.75 Å². The Bertz CT molecular complexity index is 721. The summed E-state index contributed by atoms with van der Waals surface area (Å²) in [5.41, 5.74) is 0. The number of hydrogen-bond donors (Lipinski definition) is 1. The van der Waals surface area contributed by atoms with Gasteiger partial charge in [0.25, 0.3) is 5.91 Å². The molecule has 120 valence electrons. The zero-order chi connectivity index (χ0) is 15.8. The standard InChI is InChI=1S/C20H23NO2/c1-13(20(22)21-18-12-14-9-10-16(18)11-14)23-19-8-4-6-15-5-2-3-7-17(15)19/h2-8,13-14,16,18H,9-12H2,1H3,(H,21,22)/t13-,14-,16-,18+/m1/s1. The number of nitrogens with one attached hydrogen (secondary N) is 1. The molecule has 0 radical (unpaired) electrons. The molecular formula is C20H23NO2. The lowest BCUT2D eigenvalue weighted by atomic mass is 9.95. The molecule has 2 aromatic carbocycles. The molecule has 0 aliphatic heterocycles. The maximum absolute atomic E-state index is 12.5. The fraction of sp³-hybridized carbons (Fsp3) is 0.450. The Morgan fingerprint density at radius 3 is 2.74 bits per heavy atom. The van der Waals surface area contributed by atoms with Crippen molar-refractivity contribution < 1.29 is 9.53 Å². The van der Waals surface area contributed by atoms with Crippen molar-refractivity contribution in [2.24, 2.45) is 11.8 Å². The molecular weight excluding hydrogens is 286 g/mol. The minimum Gasteiger partial charge on any atom is -0.480 e. The molecule has 2 aliphatic rings. The quantitative estimate of drug-likeness (QED) is 0.930. The van der Waals surface area contributed by atoms with Gasteiger partial charge in [-0.2, -0.15) is 0 Å². The Hall–Kier alpha value is -2.03. The summed E-state index contributed by atoms with van der Waals surface area (Å²) in [5, 5.41) is 5.40. The first-order valence-corrected chi connectivity index (χ1v) is 8.65. The summed E-state index contributed by atoms with van der Waals surface area (Å²) in [7, 11) is 0. The Labute approximate surface area is 137 Å². The molecule has 2 fully saturated rings. The summed E-state index contributed by atoms with van der Waals surface area (Å²) in [6.07, 6.45) is 4.59. The van der Waals surface area contributed by atoms with Crippen molar-refractivity contribution in [1.82, 2.24) is 5.32 Å². The van der Waals surface area contributed by atoms with Crippen LogP contribution in [0.1, 0.15) is 32.6 Å². The molecule has 3 nitrogen and oxygen atoms in total. The van der Waals surface area contributed by atoms with Gasteiger partial charge in [-0.15, -0.1) is 0 Å². The molecule has 2 aliphatic carbocycles. The fourth-order valence-corrected chi connectivity index (χ4v) is 4.26. The van der Waals surface area contributed by atoms with Gasteiger partial charge in [-0.25, -0.2) is 0 Å². The van der Waals surface area contributed by atoms with Crippen LogP contribution in [-0.2, 0) is 4.79 Å². The molecule has 4 atom stereocenters. The zero-order valence-corrected chi connectivity index (χ0v) is 13.5. The maximum Gasteiger partial charge on any atom is 0.261 e. The second-order valence-electron chi connectivity index (χ2n) is 7.03. The van der Waals surface area contributed by atoms with E-state index in [0.717, 1.165) is 28.9 Å². The van der Waals surface area contributed by atoms with Crippen LogP contribution < -0.4 is 10.1 Å². The molecule has 1 N–H and O–H groups in total. The fourth-order valence-electron chi connectivity index (χ4n) is 4.26. The highest BCUT2D eigenvalue weighted by Gasteiger charge is 2.40. The van der Waals surface area contributed by atoms with Gasteiger partial charge in [0.2, 0.25) is 0 Å². The van der Waals surface area contributed by atoms with Crippen LogP contribution in [0.25, 0.3) is 10.8 Å². The lowest BCUT2D eigenvalue weighted by Gasteiger charge is -2.25. The van der Waals surface area contributed by atoms with Gasteiger partial charge in [-0.05, 0) is 49.5 Å². The van der Waals surface area contributed by atoms with E-state index in [9.17, 15) is 4.79 Å². The van der Waals surface area contributed by atoms with E-state index >= 15 is 0 Å². The monoisotopic (exact) mass is 309 g/mol. The van der Waals surface area contributed by atoms with Crippen LogP contribution in [0, 0.1) is 11.8 Å². The van der Waals surface area contributed by atoms with Crippen LogP contribution in [0.4, 0.5) is 0 Å². The van der Waals surface area contributed by atoms with Gasteiger partial charge in [-0.3, -0.25) is 4.79 Å². The molecule has 0 spiro atoms. The molecule has 2 bridgehead atoms. The molecule has 23 heavy (non-hydrogen) atoms. The first-order chi connectivity index (χ1) is 11.2. The van der Waals surface area contributed by atoms with Crippen LogP contribution >= 0.6 is 0 Å². The Kier molecular flexibility index (Phi) is 3.72. The average Bonchev–Trinajstić information content (AvgIpc) is 3.18. The average molecular weight is 309 g/mol. The topological polar surface area (TPSA) is 38.3 Å². The number of amides is 1. The molecule has 0 aromatic heterocycles. The molecule has 4 rings (SSSR count). The number of hydrogen-bond acceptors (Lipinski definition) is 2. The van der Waals surface area contributed by atoms with Gasteiger partial charge in [0.15, 0.2) is 6.10 Å². The van der Waals surface area contributed by atoms with Crippen LogP contribution in [-0.4, -0.2) is 18.1 Å². The lowest BCUT2D eigenvalue weighted by molar-refractivity contribution is -0.128. The molecule has 2 aromatic rings. The van der Waals surface area contributed by atoms with Gasteiger partial charge in [0.05, 0.1) is 0 Å². The summed E-state index contributed by atoms with van der Waals surface area (Å²) < 4.78 is 5.97. The number of ether oxygens (including phenoxy) is 1. The number of carbonyl (C=O) groups is 1. The number of fused-ring (bicyclic) bond motifs is 3. The summed E-state index contributed by atoms with van der Waals surface area (Å²) in [5.74, 6) is 2.31. The van der Waals surface area contributed by atoms with Crippen molar-refractivity contribution in [2.75, 3.05) is 0 Å². The van der Waals surface area contributed by atoms with Crippen molar-refractivity contribution in [1.29, 1.82) is 0 Å². The second-order valence-corrected chi connectivity index (χ2v) is 7.03. The van der Waals surface area contributed by atoms with Gasteiger partial charge in [-0.1, -0.05) is 42.8 Å². The predicted octanol–water partition coefficient (Wildman–Crippen LogP) is 3.91. The summed E-state index contributed by atoms with van der Waals surface area (Å²) in [6.45, 7) is 1.84. The molecule has 3 heteroatoms. The highest BCUT2D eigenvalue weighted by Crippen LogP contribution is 2.44. The van der Waals surface area contributed by atoms with Crippen molar-refractivity contribution in [3.63, 3.8) is 0 Å². The first-order valence-electron chi connectivity index (χ1n) is 8.65. The van der Waals surface area contributed by atoms with E-state index in [4.69, 9.17) is 4.74 Å². The highest BCUT2D eigenvalue weighted by molar-refractivity contribution is 5.89. The summed E-state index contributed by atoms with van der Waals surface area (Å²) in [4.78, 5) is 12.5. The van der Waals surface area contributed by atoms with Crippen molar-refractivity contribution >= 4 is 16.7 Å². The molecule has 2 saturated carbocycles. The van der Waals surface area contributed by atoms with Crippen molar-refractivity contribution in [2.45, 2.75) is 44.8 Å². The molecule has 1 amide bonds. The van der Waals surface area contributed by atoms with E-state index in [1.165, 1.54) is 19.3 Å². The molecule has 0 heterocycles. The highest BCUT2D eigenvalue weighted by atomic mass is 16.5. The third-order valence-corrected chi connectivity index (χ3v) is 5.49. The predicted molar refractivity (Wildman–Crippen MR) is 91.4 cm³/mol. The Morgan fingerprint density at radius 1 is 1.13 bits per heavy atom. The first kappa shape index (κ1) is 14.6. The number of benzene rings is 2. The van der Waals surface area contributed by atoms with E-state index in [0.29, 0.717) is 12.0 Å².